The van der Waals surface area contributed by atoms with Gasteiger partial charge in [-0.25, -0.2) is 0 Å². The number of rotatable bonds is 1. The molecule has 0 bridgehead atoms. The molecule has 4 nitrogen and oxygen atoms in total. The van der Waals surface area contributed by atoms with Crippen LogP contribution in [0.25, 0.3) is 0 Å². The number of aromatic hydroxyl groups is 1. The number of nitrogens with zero attached hydrogens (tertiary/aromatic N) is 1. The normalized spacial score (nSPS) is 22.2. The van der Waals surface area contributed by atoms with Crippen molar-refractivity contribution in [2.75, 3.05) is 19.8 Å². The summed E-state index contributed by atoms with van der Waals surface area (Å²) in [4.78, 5) is 4.16. The first-order valence-corrected chi connectivity index (χ1v) is 5.22. The molecule has 76 valence electrons. The van der Waals surface area contributed by atoms with Crippen molar-refractivity contribution < 1.29 is 9.84 Å². The largest absolute Gasteiger partial charge is 0.506 e. The zero-order valence-corrected chi connectivity index (χ0v) is 9.12. The lowest BCUT2D eigenvalue weighted by atomic mass is 10.1. The van der Waals surface area contributed by atoms with E-state index in [1.807, 2.05) is 0 Å². The quantitative estimate of drug-likeness (QED) is 0.796. The molecule has 1 fully saturated rings. The maximum atomic E-state index is 9.66. The summed E-state index contributed by atoms with van der Waals surface area (Å²) in [5, 5.41) is 12.9. The number of pyridine rings is 1. The third-order valence-electron chi connectivity index (χ3n) is 2.12. The van der Waals surface area contributed by atoms with Gasteiger partial charge in [0, 0.05) is 17.2 Å². The fraction of sp³-hybridized carbons (Fsp3) is 0.444. The van der Waals surface area contributed by atoms with Gasteiger partial charge >= 0.3 is 0 Å². The minimum Gasteiger partial charge on any atom is -0.506 e. The van der Waals surface area contributed by atoms with E-state index >= 15 is 0 Å². The summed E-state index contributed by atoms with van der Waals surface area (Å²) < 4.78 is 6.07. The first-order chi connectivity index (χ1) is 6.77. The Hall–Kier alpha value is -0.650. The monoisotopic (exact) mass is 258 g/mol. The smallest absolute Gasteiger partial charge is 0.139 e. The van der Waals surface area contributed by atoms with Gasteiger partial charge in [-0.15, -0.1) is 0 Å². The van der Waals surface area contributed by atoms with Crippen LogP contribution in [0.15, 0.2) is 16.7 Å². The molecule has 2 N–H and O–H groups in total. The molecule has 14 heavy (non-hydrogen) atoms. The maximum absolute atomic E-state index is 9.66. The van der Waals surface area contributed by atoms with Crippen molar-refractivity contribution in [3.63, 3.8) is 0 Å². The second-order valence-corrected chi connectivity index (χ2v) is 4.06. The molecule has 0 saturated carbocycles. The van der Waals surface area contributed by atoms with Gasteiger partial charge in [0.25, 0.3) is 0 Å². The highest BCUT2D eigenvalue weighted by molar-refractivity contribution is 9.10. The summed E-state index contributed by atoms with van der Waals surface area (Å²) in [6, 6.07) is 1.63. The van der Waals surface area contributed by atoms with Gasteiger partial charge in [0.1, 0.15) is 11.4 Å². The van der Waals surface area contributed by atoms with Gasteiger partial charge in [0.15, 0.2) is 0 Å². The summed E-state index contributed by atoms with van der Waals surface area (Å²) in [6.45, 7) is 2.07. The highest BCUT2D eigenvalue weighted by atomic mass is 79.9. The predicted molar refractivity (Wildman–Crippen MR) is 55.2 cm³/mol. The minimum atomic E-state index is -0.00292. The maximum Gasteiger partial charge on any atom is 0.139 e. The van der Waals surface area contributed by atoms with Crippen LogP contribution in [-0.2, 0) is 4.74 Å². The summed E-state index contributed by atoms with van der Waals surface area (Å²) in [5.41, 5.74) is 0.646. The van der Waals surface area contributed by atoms with Crippen molar-refractivity contribution in [3.8, 4) is 5.75 Å². The lowest BCUT2D eigenvalue weighted by Gasteiger charge is -2.23. The van der Waals surface area contributed by atoms with Crippen LogP contribution < -0.4 is 5.32 Å². The Balaban J connectivity index is 2.22. The Bertz CT molecular complexity index is 327. The van der Waals surface area contributed by atoms with Crippen LogP contribution >= 0.6 is 15.9 Å². The molecular formula is C9H11BrN2O2. The van der Waals surface area contributed by atoms with E-state index in [9.17, 15) is 5.11 Å². The van der Waals surface area contributed by atoms with E-state index in [4.69, 9.17) is 4.74 Å². The molecule has 5 heteroatoms. The standard InChI is InChI=1S/C9H11BrN2O2/c10-6-3-8(13)9(12-4-6)7-5-14-2-1-11-7/h3-4,7,11,13H,1-2,5H2/t7-/m0/s1. The number of ether oxygens (including phenoxy) is 1. The van der Waals surface area contributed by atoms with Crippen LogP contribution in [-0.4, -0.2) is 29.8 Å². The molecular weight excluding hydrogens is 248 g/mol. The predicted octanol–water partition coefficient (Wildman–Crippen LogP) is 1.21. The number of nitrogens with one attached hydrogen (secondary N) is 1. The Morgan fingerprint density at radius 2 is 2.50 bits per heavy atom. The van der Waals surface area contributed by atoms with E-state index in [-0.39, 0.29) is 11.8 Å². The third-order valence-corrected chi connectivity index (χ3v) is 2.55. The highest BCUT2D eigenvalue weighted by Gasteiger charge is 2.19. The van der Waals surface area contributed by atoms with Crippen LogP contribution in [0.3, 0.4) is 0 Å². The number of morpholine rings is 1. The molecule has 0 spiro atoms. The number of halogens is 1. The molecule has 2 rings (SSSR count). The van der Waals surface area contributed by atoms with E-state index in [1.54, 1.807) is 12.3 Å². The van der Waals surface area contributed by atoms with Crippen LogP contribution in [0.2, 0.25) is 0 Å². The highest BCUT2D eigenvalue weighted by Crippen LogP contribution is 2.25. The van der Waals surface area contributed by atoms with Gasteiger partial charge in [0.05, 0.1) is 19.3 Å². The van der Waals surface area contributed by atoms with E-state index in [2.05, 4.69) is 26.2 Å². The fourth-order valence-corrected chi connectivity index (χ4v) is 1.77. The summed E-state index contributed by atoms with van der Waals surface area (Å²) in [7, 11) is 0. The summed E-state index contributed by atoms with van der Waals surface area (Å²) in [6.07, 6.45) is 1.67. The van der Waals surface area contributed by atoms with E-state index in [0.29, 0.717) is 18.9 Å². The molecule has 1 aliphatic heterocycles. The van der Waals surface area contributed by atoms with Gasteiger partial charge in [0.2, 0.25) is 0 Å². The van der Waals surface area contributed by atoms with Gasteiger partial charge < -0.3 is 15.2 Å². The molecule has 0 aliphatic carbocycles. The zero-order chi connectivity index (χ0) is 9.97. The van der Waals surface area contributed by atoms with Crippen LogP contribution in [0.4, 0.5) is 0 Å². The molecule has 1 saturated heterocycles. The van der Waals surface area contributed by atoms with E-state index < -0.39 is 0 Å². The Morgan fingerprint density at radius 1 is 1.64 bits per heavy atom. The average Bonchev–Trinajstić information content (AvgIpc) is 2.19. The lowest BCUT2D eigenvalue weighted by molar-refractivity contribution is 0.0747. The fourth-order valence-electron chi connectivity index (χ4n) is 1.45. The second-order valence-electron chi connectivity index (χ2n) is 3.14. The van der Waals surface area contributed by atoms with Crippen LogP contribution in [0.1, 0.15) is 11.7 Å². The van der Waals surface area contributed by atoms with E-state index in [0.717, 1.165) is 11.0 Å². The summed E-state index contributed by atoms with van der Waals surface area (Å²) in [5.74, 6) is 0.197. The molecule has 1 aromatic heterocycles. The Kier molecular flexibility index (Phi) is 3.00. The topological polar surface area (TPSA) is 54.4 Å². The molecule has 1 atom stereocenters. The minimum absolute atomic E-state index is 0.00292. The molecule has 1 aromatic rings. The van der Waals surface area contributed by atoms with Crippen LogP contribution in [0.5, 0.6) is 5.75 Å². The van der Waals surface area contributed by atoms with Crippen molar-refractivity contribution in [3.05, 3.63) is 22.4 Å². The third kappa shape index (κ3) is 2.05. The SMILES string of the molecule is Oc1cc(Br)cnc1[C@@H]1COCCN1. The molecule has 0 aromatic carbocycles. The molecule has 1 aliphatic rings. The Morgan fingerprint density at radius 3 is 3.14 bits per heavy atom. The summed E-state index contributed by atoms with van der Waals surface area (Å²) >= 11 is 3.25. The number of aromatic nitrogens is 1. The molecule has 0 unspecified atom stereocenters. The molecule has 0 amide bonds. The number of hydrogen-bond donors (Lipinski definition) is 2. The van der Waals surface area contributed by atoms with Crippen molar-refractivity contribution in [1.82, 2.24) is 10.3 Å². The van der Waals surface area contributed by atoms with Crippen molar-refractivity contribution in [2.24, 2.45) is 0 Å². The van der Waals surface area contributed by atoms with E-state index in [1.165, 1.54) is 0 Å². The van der Waals surface area contributed by atoms with Crippen LogP contribution in [0, 0.1) is 0 Å². The first kappa shape index (κ1) is 9.89. The number of hydrogen-bond acceptors (Lipinski definition) is 4. The molecule has 0 radical (unpaired) electrons. The van der Waals surface area contributed by atoms with Gasteiger partial charge in [-0.2, -0.15) is 0 Å². The Labute approximate surface area is 90.4 Å². The zero-order valence-electron chi connectivity index (χ0n) is 7.53. The van der Waals surface area contributed by atoms with Crippen molar-refractivity contribution >= 4 is 15.9 Å². The molecule has 2 heterocycles. The first-order valence-electron chi connectivity index (χ1n) is 4.43. The van der Waals surface area contributed by atoms with Crippen molar-refractivity contribution in [1.29, 1.82) is 0 Å². The van der Waals surface area contributed by atoms with Gasteiger partial charge in [-0.05, 0) is 22.0 Å². The second kappa shape index (κ2) is 4.25. The lowest BCUT2D eigenvalue weighted by Crippen LogP contribution is -2.35. The van der Waals surface area contributed by atoms with Gasteiger partial charge in [-0.3, -0.25) is 4.98 Å². The van der Waals surface area contributed by atoms with Crippen molar-refractivity contribution in [2.45, 2.75) is 6.04 Å². The van der Waals surface area contributed by atoms with Gasteiger partial charge in [-0.1, -0.05) is 0 Å². The average molecular weight is 259 g/mol.